The van der Waals surface area contributed by atoms with E-state index in [0.29, 0.717) is 13.1 Å². The number of carbonyl (C=O) groups is 1. The molecule has 0 spiro atoms. The fourth-order valence-electron chi connectivity index (χ4n) is 3.68. The first-order chi connectivity index (χ1) is 14.4. The van der Waals surface area contributed by atoms with Gasteiger partial charge in [-0.3, -0.25) is 10.0 Å². The highest BCUT2D eigenvalue weighted by Crippen LogP contribution is 2.36. The molecule has 1 fully saturated rings. The summed E-state index contributed by atoms with van der Waals surface area (Å²) >= 11 is 0. The van der Waals surface area contributed by atoms with Crippen molar-refractivity contribution >= 4 is 21.4 Å². The third-order valence-electron chi connectivity index (χ3n) is 5.31. The van der Waals surface area contributed by atoms with Gasteiger partial charge < -0.3 is 10.6 Å². The number of rotatable bonds is 6. The molecule has 0 aromatic heterocycles. The van der Waals surface area contributed by atoms with E-state index in [9.17, 15) is 18.4 Å². The van der Waals surface area contributed by atoms with E-state index in [1.807, 2.05) is 30.3 Å². The van der Waals surface area contributed by atoms with Crippen molar-refractivity contribution in [2.45, 2.75) is 42.0 Å². The summed E-state index contributed by atoms with van der Waals surface area (Å²) in [6.07, 6.45) is -0.00575. The number of carbonyl (C=O) groups excluding carboxylic acids is 1. The van der Waals surface area contributed by atoms with E-state index in [0.717, 1.165) is 11.3 Å². The van der Waals surface area contributed by atoms with Gasteiger partial charge in [0.05, 0.1) is 10.9 Å². The van der Waals surface area contributed by atoms with E-state index >= 15 is 0 Å². The van der Waals surface area contributed by atoms with E-state index in [-0.39, 0.29) is 17.7 Å². The van der Waals surface area contributed by atoms with Gasteiger partial charge in [0, 0.05) is 18.7 Å². The molecule has 30 heavy (non-hydrogen) atoms. The first-order valence-corrected chi connectivity index (χ1v) is 11.1. The fourth-order valence-corrected chi connectivity index (χ4v) is 5.67. The van der Waals surface area contributed by atoms with Crippen LogP contribution < -0.4 is 16.1 Å². The van der Waals surface area contributed by atoms with Gasteiger partial charge in [-0.2, -0.15) is 0 Å². The van der Waals surface area contributed by atoms with Crippen LogP contribution >= 0.6 is 0 Å². The van der Waals surface area contributed by atoms with Gasteiger partial charge in [-0.1, -0.05) is 36.3 Å². The van der Waals surface area contributed by atoms with Crippen LogP contribution in [0.2, 0.25) is 0 Å². The Balaban J connectivity index is 1.85. The second-order valence-corrected chi connectivity index (χ2v) is 9.42. The zero-order chi connectivity index (χ0) is 21.6. The summed E-state index contributed by atoms with van der Waals surface area (Å²) in [5, 5.41) is 15.6. The highest BCUT2D eigenvalue weighted by Gasteiger charge is 2.53. The molecule has 158 valence electrons. The Hall–Kier alpha value is -2.86. The molecular weight excluding hydrogens is 402 g/mol. The Morgan fingerprint density at radius 1 is 1.20 bits per heavy atom. The Bertz CT molecular complexity index is 1040. The molecule has 2 unspecified atom stereocenters. The van der Waals surface area contributed by atoms with Gasteiger partial charge in [-0.05, 0) is 49.7 Å². The smallest absolute Gasteiger partial charge is 0.265 e. The number of hydrogen-bond donors (Lipinski definition) is 4. The molecule has 1 amide bonds. The predicted octanol–water partition coefficient (Wildman–Crippen LogP) is 2.09. The number of anilines is 1. The van der Waals surface area contributed by atoms with Crippen LogP contribution in [-0.4, -0.2) is 36.9 Å². The van der Waals surface area contributed by atoms with Crippen LogP contribution in [0, 0.1) is 11.8 Å². The van der Waals surface area contributed by atoms with Gasteiger partial charge in [0.25, 0.3) is 5.91 Å². The van der Waals surface area contributed by atoms with E-state index in [1.165, 1.54) is 12.1 Å². The third-order valence-corrected chi connectivity index (χ3v) is 7.78. The summed E-state index contributed by atoms with van der Waals surface area (Å²) in [6, 6.07) is 15.7. The quantitative estimate of drug-likeness (QED) is 0.319. The van der Waals surface area contributed by atoms with Crippen molar-refractivity contribution in [1.82, 2.24) is 10.8 Å². The summed E-state index contributed by atoms with van der Waals surface area (Å²) in [7, 11) is -4.08. The van der Waals surface area contributed by atoms with Gasteiger partial charge >= 0.3 is 0 Å². The van der Waals surface area contributed by atoms with Crippen LogP contribution in [-0.2, 0) is 21.2 Å². The Labute approximate surface area is 176 Å². The van der Waals surface area contributed by atoms with Crippen molar-refractivity contribution in [3.05, 3.63) is 60.2 Å². The second kappa shape index (κ2) is 9.30. The van der Waals surface area contributed by atoms with Crippen molar-refractivity contribution in [2.75, 3.05) is 11.9 Å². The van der Waals surface area contributed by atoms with Crippen LogP contribution in [0.1, 0.15) is 25.3 Å². The molecule has 0 radical (unpaired) electrons. The molecule has 0 bridgehead atoms. The number of amides is 1. The average molecular weight is 428 g/mol. The maximum absolute atomic E-state index is 13.5. The summed E-state index contributed by atoms with van der Waals surface area (Å²) in [4.78, 5) is 12.6. The van der Waals surface area contributed by atoms with E-state index in [4.69, 9.17) is 0 Å². The molecule has 3 rings (SSSR count). The Morgan fingerprint density at radius 2 is 1.90 bits per heavy atom. The van der Waals surface area contributed by atoms with Crippen LogP contribution in [0.4, 0.5) is 5.69 Å². The summed E-state index contributed by atoms with van der Waals surface area (Å²) in [6.45, 7) is 2.55. The molecule has 7 nitrogen and oxygen atoms in total. The van der Waals surface area contributed by atoms with Crippen LogP contribution in [0.25, 0.3) is 0 Å². The number of nitrogens with one attached hydrogen (secondary N) is 3. The lowest BCUT2D eigenvalue weighted by molar-refractivity contribution is -0.132. The fraction of sp³-hybridized carbons (Fsp3) is 0.318. The molecule has 1 heterocycles. The first-order valence-electron chi connectivity index (χ1n) is 9.65. The van der Waals surface area contributed by atoms with Gasteiger partial charge in [-0.15, -0.1) is 5.92 Å². The summed E-state index contributed by atoms with van der Waals surface area (Å²) in [5.41, 5.74) is 3.42. The molecule has 2 aromatic carbocycles. The minimum Gasteiger partial charge on any atom is -0.381 e. The highest BCUT2D eigenvalue weighted by molar-refractivity contribution is 7.93. The topological polar surface area (TPSA) is 108 Å². The van der Waals surface area contributed by atoms with Gasteiger partial charge in [-0.25, -0.2) is 13.9 Å². The van der Waals surface area contributed by atoms with Crippen molar-refractivity contribution in [2.24, 2.45) is 0 Å². The SMILES string of the molecule is CC#CC1CC(C(=O)NO)(S(=O)(=O)c2ccc(NCc3ccccc3)cc2)CCN1. The van der Waals surface area contributed by atoms with E-state index < -0.39 is 26.5 Å². The molecule has 2 atom stereocenters. The molecule has 1 aliphatic rings. The molecule has 1 aliphatic heterocycles. The van der Waals surface area contributed by atoms with Gasteiger partial charge in [0.1, 0.15) is 0 Å². The van der Waals surface area contributed by atoms with E-state index in [2.05, 4.69) is 22.5 Å². The molecule has 8 heteroatoms. The molecular formula is C22H25N3O4S. The van der Waals surface area contributed by atoms with Crippen LogP contribution in [0.5, 0.6) is 0 Å². The number of hydrogen-bond acceptors (Lipinski definition) is 6. The van der Waals surface area contributed by atoms with Crippen LogP contribution in [0.15, 0.2) is 59.5 Å². The van der Waals surface area contributed by atoms with Crippen molar-refractivity contribution in [3.8, 4) is 11.8 Å². The van der Waals surface area contributed by atoms with Crippen molar-refractivity contribution < 1.29 is 18.4 Å². The largest absolute Gasteiger partial charge is 0.381 e. The van der Waals surface area contributed by atoms with Crippen LogP contribution in [0.3, 0.4) is 0 Å². The minimum absolute atomic E-state index is 0.0291. The van der Waals surface area contributed by atoms with Crippen molar-refractivity contribution in [1.29, 1.82) is 0 Å². The highest BCUT2D eigenvalue weighted by atomic mass is 32.2. The number of sulfone groups is 1. The molecule has 1 saturated heterocycles. The molecule has 4 N–H and O–H groups in total. The maximum Gasteiger partial charge on any atom is 0.265 e. The molecule has 0 aliphatic carbocycles. The molecule has 0 saturated carbocycles. The minimum atomic E-state index is -4.08. The van der Waals surface area contributed by atoms with Crippen molar-refractivity contribution in [3.63, 3.8) is 0 Å². The first kappa shape index (κ1) is 21.8. The average Bonchev–Trinajstić information content (AvgIpc) is 2.78. The number of benzene rings is 2. The lowest BCUT2D eigenvalue weighted by Crippen LogP contribution is -2.59. The zero-order valence-electron chi connectivity index (χ0n) is 16.7. The standard InChI is InChI=1S/C22H25N3O4S/c1-2-6-19-15-22(13-14-23-19,21(26)25-27)30(28,29)20-11-9-18(10-12-20)24-16-17-7-4-3-5-8-17/h3-5,7-12,19,23-24,27H,13-16H2,1H3,(H,25,26). The zero-order valence-corrected chi connectivity index (χ0v) is 17.5. The summed E-state index contributed by atoms with van der Waals surface area (Å²) < 4.78 is 25.2. The summed E-state index contributed by atoms with van der Waals surface area (Å²) in [5.74, 6) is 4.70. The Kier molecular flexibility index (Phi) is 6.77. The van der Waals surface area contributed by atoms with Gasteiger partial charge in [0.2, 0.25) is 0 Å². The molecule has 2 aromatic rings. The monoisotopic (exact) mass is 427 g/mol. The second-order valence-electron chi connectivity index (χ2n) is 7.16. The number of piperidine rings is 1. The van der Waals surface area contributed by atoms with E-state index in [1.54, 1.807) is 24.5 Å². The lowest BCUT2D eigenvalue weighted by atomic mass is 9.91. The number of hydroxylamine groups is 1. The normalized spacial score (nSPS) is 21.2. The third kappa shape index (κ3) is 4.33. The van der Waals surface area contributed by atoms with Gasteiger partial charge in [0.15, 0.2) is 14.6 Å². The predicted molar refractivity (Wildman–Crippen MR) is 115 cm³/mol. The lowest BCUT2D eigenvalue weighted by Gasteiger charge is -2.37. The maximum atomic E-state index is 13.5. The Morgan fingerprint density at radius 3 is 2.53 bits per heavy atom.